The second-order valence-corrected chi connectivity index (χ2v) is 16.0. The zero-order valence-corrected chi connectivity index (χ0v) is 18.4. The van der Waals surface area contributed by atoms with Crippen LogP contribution >= 0.6 is 0 Å². The molecule has 0 saturated carbocycles. The first-order valence-corrected chi connectivity index (χ1v) is 13.5. The van der Waals surface area contributed by atoms with Gasteiger partial charge in [-0.3, -0.25) is 0 Å². The lowest BCUT2D eigenvalue weighted by molar-refractivity contribution is -0.0235. The molecule has 0 amide bonds. The minimum atomic E-state index is -2.57. The second-order valence-electron chi connectivity index (χ2n) is 7.98. The molecule has 25 heavy (non-hydrogen) atoms. The molecule has 2 aliphatic heterocycles. The van der Waals surface area contributed by atoms with Crippen LogP contribution in [-0.4, -0.2) is 55.3 Å². The van der Waals surface area contributed by atoms with E-state index in [4.69, 9.17) is 31.1 Å². The quantitative estimate of drug-likeness (QED) is 0.320. The number of nitrogens with zero attached hydrogens (tertiary/aromatic N) is 3. The highest BCUT2D eigenvalue weighted by Crippen LogP contribution is 2.44. The van der Waals surface area contributed by atoms with Crippen molar-refractivity contribution in [2.75, 3.05) is 6.61 Å². The molecule has 0 spiro atoms. The van der Waals surface area contributed by atoms with Crippen molar-refractivity contribution in [3.8, 4) is 0 Å². The molecular formula is C15H30BN3O4Si2. The Morgan fingerprint density at radius 1 is 1.32 bits per heavy atom. The van der Waals surface area contributed by atoms with Gasteiger partial charge in [-0.05, 0) is 36.1 Å². The van der Waals surface area contributed by atoms with E-state index in [1.165, 1.54) is 0 Å². The summed E-state index contributed by atoms with van der Waals surface area (Å²) in [4.78, 5) is 2.97. The van der Waals surface area contributed by atoms with Crippen LogP contribution in [0.5, 0.6) is 0 Å². The topological polar surface area (TPSA) is 85.7 Å². The van der Waals surface area contributed by atoms with Crippen LogP contribution in [0.15, 0.2) is 5.11 Å². The zero-order valence-electron chi connectivity index (χ0n) is 16.4. The summed E-state index contributed by atoms with van der Waals surface area (Å²) < 4.78 is 25.7. The van der Waals surface area contributed by atoms with Gasteiger partial charge in [0, 0.05) is 10.9 Å². The van der Waals surface area contributed by atoms with Crippen molar-refractivity contribution in [1.29, 1.82) is 0 Å². The molecule has 2 aliphatic rings. The fraction of sp³-hybridized carbons (Fsp3) is 1.00. The van der Waals surface area contributed by atoms with Crippen LogP contribution in [0, 0.1) is 0 Å². The van der Waals surface area contributed by atoms with Gasteiger partial charge in [-0.2, -0.15) is 0 Å². The SMILES string of the molecule is [B][C@@H]1O[C@@H]2CO[Si](C(C)C)(C(C)C)O[Si@](C)(CC)O[C@H]2[C@@]1(C)N=[N+]=[N-]. The molecule has 2 fully saturated rings. The van der Waals surface area contributed by atoms with Crippen LogP contribution in [0.4, 0.5) is 0 Å². The van der Waals surface area contributed by atoms with Gasteiger partial charge < -0.3 is 17.7 Å². The van der Waals surface area contributed by atoms with Crippen LogP contribution in [-0.2, 0) is 17.7 Å². The highest BCUT2D eigenvalue weighted by atomic mass is 28.5. The Labute approximate surface area is 154 Å². The summed E-state index contributed by atoms with van der Waals surface area (Å²) in [7, 11) is 1.06. The average Bonchev–Trinajstić information content (AvgIpc) is 2.73. The molecule has 7 nitrogen and oxygen atoms in total. The van der Waals surface area contributed by atoms with Crippen molar-refractivity contribution in [2.45, 2.75) is 89.0 Å². The molecule has 0 bridgehead atoms. The number of hydrogen-bond acceptors (Lipinski definition) is 5. The molecule has 2 saturated heterocycles. The number of azide groups is 1. The Morgan fingerprint density at radius 3 is 2.40 bits per heavy atom. The molecular weight excluding hydrogens is 353 g/mol. The first-order chi connectivity index (χ1) is 11.5. The molecule has 0 aromatic rings. The van der Waals surface area contributed by atoms with E-state index in [-0.39, 0.29) is 17.2 Å². The summed E-state index contributed by atoms with van der Waals surface area (Å²) in [5.41, 5.74) is 8.57. The summed E-state index contributed by atoms with van der Waals surface area (Å²) in [6.45, 7) is 14.9. The second kappa shape index (κ2) is 7.34. The molecule has 140 valence electrons. The monoisotopic (exact) mass is 383 g/mol. The predicted molar refractivity (Wildman–Crippen MR) is 102 cm³/mol. The van der Waals surface area contributed by atoms with E-state index in [1.807, 2.05) is 0 Å². The molecule has 10 heteroatoms. The summed E-state index contributed by atoms with van der Waals surface area (Å²) in [6, 6.07) is 0.0411. The van der Waals surface area contributed by atoms with Crippen molar-refractivity contribution in [2.24, 2.45) is 5.11 Å². The van der Waals surface area contributed by atoms with Crippen molar-refractivity contribution in [3.05, 3.63) is 10.4 Å². The van der Waals surface area contributed by atoms with E-state index in [9.17, 15) is 0 Å². The van der Waals surface area contributed by atoms with Crippen LogP contribution in [0.3, 0.4) is 0 Å². The highest BCUT2D eigenvalue weighted by molar-refractivity contribution is 6.82. The summed E-state index contributed by atoms with van der Waals surface area (Å²) in [6.07, 6.45) is -0.835. The number of fused-ring (bicyclic) bond motifs is 1. The zero-order chi connectivity index (χ0) is 19.0. The summed E-state index contributed by atoms with van der Waals surface area (Å²) in [5.74, 6) is 0. The van der Waals surface area contributed by atoms with Gasteiger partial charge in [0.2, 0.25) is 0 Å². The lowest BCUT2D eigenvalue weighted by Crippen LogP contribution is -2.63. The summed E-state index contributed by atoms with van der Waals surface area (Å²) in [5, 5.41) is 3.93. The van der Waals surface area contributed by atoms with E-state index in [0.29, 0.717) is 6.61 Å². The Balaban J connectivity index is 2.46. The fourth-order valence-corrected chi connectivity index (χ4v) is 12.8. The van der Waals surface area contributed by atoms with Gasteiger partial charge >= 0.3 is 17.1 Å². The van der Waals surface area contributed by atoms with E-state index >= 15 is 0 Å². The van der Waals surface area contributed by atoms with E-state index in [0.717, 1.165) is 6.04 Å². The number of hydrogen-bond donors (Lipinski definition) is 0. The highest BCUT2D eigenvalue weighted by Gasteiger charge is 2.59. The Hall–Kier alpha value is -0.351. The minimum Gasteiger partial charge on any atom is -0.414 e. The van der Waals surface area contributed by atoms with Gasteiger partial charge in [-0.25, -0.2) is 0 Å². The fourth-order valence-electron chi connectivity index (χ4n) is 3.73. The van der Waals surface area contributed by atoms with Crippen LogP contribution in [0.1, 0.15) is 41.5 Å². The minimum absolute atomic E-state index is 0.282. The smallest absolute Gasteiger partial charge is 0.334 e. The van der Waals surface area contributed by atoms with Gasteiger partial charge in [-0.1, -0.05) is 39.7 Å². The maximum absolute atomic E-state index is 8.99. The van der Waals surface area contributed by atoms with Crippen LogP contribution < -0.4 is 0 Å². The maximum Gasteiger partial charge on any atom is 0.334 e. The van der Waals surface area contributed by atoms with Gasteiger partial charge in [-0.15, -0.1) is 0 Å². The van der Waals surface area contributed by atoms with E-state index in [1.54, 1.807) is 6.92 Å². The molecule has 2 rings (SSSR count). The van der Waals surface area contributed by atoms with Gasteiger partial charge in [0.05, 0.1) is 18.2 Å². The molecule has 2 heterocycles. The predicted octanol–water partition coefficient (Wildman–Crippen LogP) is 3.73. The number of rotatable bonds is 4. The molecule has 0 unspecified atom stereocenters. The maximum atomic E-state index is 8.99. The van der Waals surface area contributed by atoms with Crippen molar-refractivity contribution in [1.82, 2.24) is 0 Å². The molecule has 0 N–H and O–H groups in total. The standard InChI is InChI=1S/C15H30BN3O4Si2/c1-8-24(7)22-13-12(21-14(16)15(13,6)18-19-17)9-20-25(23-24,10(2)3)11(4)5/h10-14H,8-9H2,1-7H3/t12-,13-,14-,15-,24-/m1/s1. The first-order valence-electron chi connectivity index (χ1n) is 9.04. The molecule has 2 radical (unpaired) electrons. The molecule has 5 atom stereocenters. The molecule has 0 aromatic carbocycles. The van der Waals surface area contributed by atoms with Crippen molar-refractivity contribution >= 4 is 25.0 Å². The van der Waals surface area contributed by atoms with E-state index < -0.39 is 34.8 Å². The Kier molecular flexibility index (Phi) is 6.15. The number of ether oxygens (including phenoxy) is 1. The normalized spacial score (nSPS) is 41.1. The van der Waals surface area contributed by atoms with Crippen LogP contribution in [0.25, 0.3) is 10.4 Å². The van der Waals surface area contributed by atoms with Gasteiger partial charge in [0.25, 0.3) is 0 Å². The summed E-state index contributed by atoms with van der Waals surface area (Å²) >= 11 is 0. The third kappa shape index (κ3) is 3.58. The van der Waals surface area contributed by atoms with Gasteiger partial charge in [0.15, 0.2) is 0 Å². The lowest BCUT2D eigenvalue weighted by Gasteiger charge is -2.48. The molecule has 0 aromatic heterocycles. The average molecular weight is 383 g/mol. The van der Waals surface area contributed by atoms with Gasteiger partial charge in [0.1, 0.15) is 14.0 Å². The van der Waals surface area contributed by atoms with E-state index in [2.05, 4.69) is 51.2 Å². The Bertz CT molecular complexity index is 541. The molecule has 0 aliphatic carbocycles. The lowest BCUT2D eigenvalue weighted by atomic mass is 9.79. The van der Waals surface area contributed by atoms with Crippen molar-refractivity contribution < 1.29 is 17.7 Å². The third-order valence-corrected chi connectivity index (χ3v) is 14.4. The third-order valence-electron chi connectivity index (χ3n) is 5.55. The van der Waals surface area contributed by atoms with Crippen LogP contribution in [0.2, 0.25) is 23.7 Å². The largest absolute Gasteiger partial charge is 0.414 e. The first kappa shape index (κ1) is 21.0. The Morgan fingerprint density at radius 2 is 1.92 bits per heavy atom. The van der Waals surface area contributed by atoms with Crippen molar-refractivity contribution in [3.63, 3.8) is 0 Å².